The third kappa shape index (κ3) is 3.95. The first-order valence-corrected chi connectivity index (χ1v) is 7.23. The van der Waals surface area contributed by atoms with Gasteiger partial charge in [-0.3, -0.25) is 0 Å². The Morgan fingerprint density at radius 3 is 2.52 bits per heavy atom. The molecule has 1 N–H and O–H groups in total. The fourth-order valence-corrected chi connectivity index (χ4v) is 2.29. The third-order valence-electron chi connectivity index (χ3n) is 2.87. The van der Waals surface area contributed by atoms with Crippen LogP contribution >= 0.6 is 27.5 Å². The summed E-state index contributed by atoms with van der Waals surface area (Å²) in [7, 11) is 1.26. The van der Waals surface area contributed by atoms with Gasteiger partial charge in [0, 0.05) is 20.7 Å². The van der Waals surface area contributed by atoms with E-state index in [0.717, 1.165) is 0 Å². The van der Waals surface area contributed by atoms with Crippen LogP contribution in [0.25, 0.3) is 0 Å². The zero-order valence-electron chi connectivity index (χ0n) is 11.1. The Bertz CT molecular complexity index is 649. The molecule has 0 aliphatic carbocycles. The van der Waals surface area contributed by atoms with E-state index in [1.54, 1.807) is 30.3 Å². The molecule has 0 amide bonds. The summed E-state index contributed by atoms with van der Waals surface area (Å²) in [5.74, 6) is -1.08. The summed E-state index contributed by atoms with van der Waals surface area (Å²) >= 11 is 9.00. The summed E-state index contributed by atoms with van der Waals surface area (Å²) in [5.41, 5.74) is 0.845. The van der Waals surface area contributed by atoms with Crippen LogP contribution < -0.4 is 5.32 Å². The zero-order chi connectivity index (χ0) is 15.4. The predicted molar refractivity (Wildman–Crippen MR) is 83.9 cm³/mol. The van der Waals surface area contributed by atoms with Gasteiger partial charge in [0.15, 0.2) is 6.04 Å². The van der Waals surface area contributed by atoms with E-state index >= 15 is 0 Å². The minimum atomic E-state index is -0.940. The number of hydrogen-bond donors (Lipinski definition) is 1. The normalized spacial score (nSPS) is 11.8. The van der Waals surface area contributed by atoms with Gasteiger partial charge in [0.1, 0.15) is 5.82 Å². The van der Waals surface area contributed by atoms with Crippen LogP contribution in [0.2, 0.25) is 5.02 Å². The van der Waals surface area contributed by atoms with Gasteiger partial charge in [-0.15, -0.1) is 0 Å². The minimum Gasteiger partial charge on any atom is -0.467 e. The second kappa shape index (κ2) is 6.91. The van der Waals surface area contributed by atoms with Crippen LogP contribution in [0, 0.1) is 5.82 Å². The first kappa shape index (κ1) is 15.8. The summed E-state index contributed by atoms with van der Waals surface area (Å²) in [4.78, 5) is 11.9. The molecule has 0 spiro atoms. The maximum atomic E-state index is 14.1. The van der Waals surface area contributed by atoms with E-state index in [9.17, 15) is 9.18 Å². The molecule has 0 aromatic heterocycles. The summed E-state index contributed by atoms with van der Waals surface area (Å²) in [6.07, 6.45) is 0. The average molecular weight is 373 g/mol. The molecule has 0 heterocycles. The summed E-state index contributed by atoms with van der Waals surface area (Å²) < 4.78 is 19.4. The molecule has 0 fully saturated rings. The Morgan fingerprint density at radius 2 is 1.95 bits per heavy atom. The topological polar surface area (TPSA) is 38.3 Å². The van der Waals surface area contributed by atoms with Crippen molar-refractivity contribution in [3.8, 4) is 0 Å². The second-order valence-electron chi connectivity index (χ2n) is 4.27. The SMILES string of the molecule is COC(=O)C(Nc1ccc(Cl)cc1)c1ccc(Br)cc1F. The summed E-state index contributed by atoms with van der Waals surface area (Å²) in [6.45, 7) is 0. The van der Waals surface area contributed by atoms with Crippen molar-refractivity contribution in [3.05, 3.63) is 63.3 Å². The van der Waals surface area contributed by atoms with Gasteiger partial charge >= 0.3 is 5.97 Å². The number of halogens is 3. The quantitative estimate of drug-likeness (QED) is 0.799. The van der Waals surface area contributed by atoms with Crippen molar-refractivity contribution < 1.29 is 13.9 Å². The van der Waals surface area contributed by atoms with Gasteiger partial charge in [-0.05, 0) is 36.4 Å². The molecule has 0 saturated heterocycles. The Hall–Kier alpha value is -1.59. The van der Waals surface area contributed by atoms with Crippen molar-refractivity contribution >= 4 is 39.2 Å². The molecule has 2 aromatic carbocycles. The van der Waals surface area contributed by atoms with Crippen molar-refractivity contribution in [1.29, 1.82) is 0 Å². The van der Waals surface area contributed by atoms with Gasteiger partial charge in [-0.2, -0.15) is 0 Å². The molecule has 3 nitrogen and oxygen atoms in total. The largest absolute Gasteiger partial charge is 0.467 e. The Labute approximate surface area is 135 Å². The predicted octanol–water partition coefficient (Wildman–Crippen LogP) is 4.57. The lowest BCUT2D eigenvalue weighted by Crippen LogP contribution is -2.23. The molecule has 2 rings (SSSR count). The monoisotopic (exact) mass is 371 g/mol. The van der Waals surface area contributed by atoms with Crippen LogP contribution in [-0.2, 0) is 9.53 Å². The van der Waals surface area contributed by atoms with Crippen LogP contribution in [0.5, 0.6) is 0 Å². The Morgan fingerprint density at radius 1 is 1.29 bits per heavy atom. The van der Waals surface area contributed by atoms with Gasteiger partial charge < -0.3 is 10.1 Å². The van der Waals surface area contributed by atoms with Crippen LogP contribution in [-0.4, -0.2) is 13.1 Å². The van der Waals surface area contributed by atoms with E-state index in [1.807, 2.05) is 0 Å². The number of nitrogens with one attached hydrogen (secondary N) is 1. The van der Waals surface area contributed by atoms with Gasteiger partial charge in [0.2, 0.25) is 0 Å². The maximum absolute atomic E-state index is 14.1. The molecule has 2 aromatic rings. The van der Waals surface area contributed by atoms with Crippen LogP contribution in [0.1, 0.15) is 11.6 Å². The first-order valence-electron chi connectivity index (χ1n) is 6.06. The van der Waals surface area contributed by atoms with E-state index in [2.05, 4.69) is 21.2 Å². The fourth-order valence-electron chi connectivity index (χ4n) is 1.83. The summed E-state index contributed by atoms with van der Waals surface area (Å²) in [6, 6.07) is 10.3. The number of benzene rings is 2. The lowest BCUT2D eigenvalue weighted by atomic mass is 10.1. The highest BCUT2D eigenvalue weighted by Gasteiger charge is 2.24. The Balaban J connectivity index is 2.34. The third-order valence-corrected chi connectivity index (χ3v) is 3.61. The molecule has 0 aliphatic heterocycles. The maximum Gasteiger partial charge on any atom is 0.333 e. The van der Waals surface area contributed by atoms with E-state index in [-0.39, 0.29) is 5.56 Å². The van der Waals surface area contributed by atoms with Crippen molar-refractivity contribution in [2.75, 3.05) is 12.4 Å². The van der Waals surface area contributed by atoms with Gasteiger partial charge in [-0.25, -0.2) is 9.18 Å². The van der Waals surface area contributed by atoms with Gasteiger partial charge in [-0.1, -0.05) is 33.6 Å². The average Bonchev–Trinajstić information content (AvgIpc) is 2.47. The standard InChI is InChI=1S/C15H12BrClFNO2/c1-21-15(20)14(12-7-2-9(16)8-13(12)18)19-11-5-3-10(17)4-6-11/h2-8,14,19H,1H3. The molecule has 0 radical (unpaired) electrons. The number of esters is 1. The lowest BCUT2D eigenvalue weighted by molar-refractivity contribution is -0.141. The highest BCUT2D eigenvalue weighted by Crippen LogP contribution is 2.26. The number of ether oxygens (including phenoxy) is 1. The molecule has 21 heavy (non-hydrogen) atoms. The smallest absolute Gasteiger partial charge is 0.333 e. The molecule has 1 unspecified atom stereocenters. The lowest BCUT2D eigenvalue weighted by Gasteiger charge is -2.19. The molecule has 0 saturated carbocycles. The number of carbonyl (C=O) groups is 1. The molecular weight excluding hydrogens is 361 g/mol. The minimum absolute atomic E-state index is 0.208. The van der Waals surface area contributed by atoms with Crippen molar-refractivity contribution in [2.45, 2.75) is 6.04 Å². The number of anilines is 1. The van der Waals surface area contributed by atoms with E-state index in [1.165, 1.54) is 19.2 Å². The molecule has 1 atom stereocenters. The number of carbonyl (C=O) groups excluding carboxylic acids is 1. The van der Waals surface area contributed by atoms with Gasteiger partial charge in [0.05, 0.1) is 7.11 Å². The van der Waals surface area contributed by atoms with E-state index in [4.69, 9.17) is 16.3 Å². The molecule has 0 aliphatic rings. The molecule has 110 valence electrons. The molecule has 0 bridgehead atoms. The molecule has 6 heteroatoms. The number of methoxy groups -OCH3 is 1. The fraction of sp³-hybridized carbons (Fsp3) is 0.133. The van der Waals surface area contributed by atoms with Crippen molar-refractivity contribution in [3.63, 3.8) is 0 Å². The van der Waals surface area contributed by atoms with Crippen molar-refractivity contribution in [1.82, 2.24) is 0 Å². The summed E-state index contributed by atoms with van der Waals surface area (Å²) in [5, 5.41) is 3.52. The number of rotatable bonds is 4. The van der Waals surface area contributed by atoms with E-state index in [0.29, 0.717) is 15.2 Å². The van der Waals surface area contributed by atoms with Crippen LogP contribution in [0.15, 0.2) is 46.9 Å². The second-order valence-corrected chi connectivity index (χ2v) is 5.63. The van der Waals surface area contributed by atoms with Gasteiger partial charge in [0.25, 0.3) is 0 Å². The van der Waals surface area contributed by atoms with Crippen molar-refractivity contribution in [2.24, 2.45) is 0 Å². The highest BCUT2D eigenvalue weighted by atomic mass is 79.9. The zero-order valence-corrected chi connectivity index (χ0v) is 13.4. The van der Waals surface area contributed by atoms with Crippen LogP contribution in [0.4, 0.5) is 10.1 Å². The molecular formula is C15H12BrClFNO2. The van der Waals surface area contributed by atoms with Crippen LogP contribution in [0.3, 0.4) is 0 Å². The highest BCUT2D eigenvalue weighted by molar-refractivity contribution is 9.10. The first-order chi connectivity index (χ1) is 10.0. The number of hydrogen-bond acceptors (Lipinski definition) is 3. The Kier molecular flexibility index (Phi) is 5.20. The van der Waals surface area contributed by atoms with E-state index < -0.39 is 17.8 Å².